The number of pyridine rings is 1. The lowest BCUT2D eigenvalue weighted by molar-refractivity contribution is 0.728. The van der Waals surface area contributed by atoms with Crippen LogP contribution in [0.15, 0.2) is 48.7 Å². The summed E-state index contributed by atoms with van der Waals surface area (Å²) in [6.07, 6.45) is 1.91. The lowest BCUT2D eigenvalue weighted by Crippen LogP contribution is -2.22. The van der Waals surface area contributed by atoms with Gasteiger partial charge in [-0.05, 0) is 31.0 Å². The lowest BCUT2D eigenvalue weighted by atomic mass is 10.1. The molecule has 1 aromatic carbocycles. The van der Waals surface area contributed by atoms with E-state index < -0.39 is 0 Å². The fraction of sp³-hybridized carbons (Fsp3) is 0.267. The number of benzene rings is 1. The molecule has 1 aromatic heterocycles. The Balaban J connectivity index is 2.20. The molecular formula is C15H18N2. The maximum Gasteiger partial charge on any atom is 0.128 e. The molecule has 2 rings (SSSR count). The molecule has 0 saturated carbocycles. The first-order valence-electron chi connectivity index (χ1n) is 5.89. The van der Waals surface area contributed by atoms with Gasteiger partial charge < -0.3 is 4.90 Å². The van der Waals surface area contributed by atoms with Crippen LogP contribution in [0.25, 0.3) is 0 Å². The molecule has 1 heterocycles. The van der Waals surface area contributed by atoms with E-state index in [0.717, 1.165) is 5.82 Å². The molecule has 0 spiro atoms. The minimum Gasteiger partial charge on any atom is -0.353 e. The van der Waals surface area contributed by atoms with Crippen molar-refractivity contribution in [3.8, 4) is 0 Å². The van der Waals surface area contributed by atoms with Crippen LogP contribution in [0.2, 0.25) is 0 Å². The second-order valence-electron chi connectivity index (χ2n) is 4.39. The number of anilines is 1. The van der Waals surface area contributed by atoms with Crippen LogP contribution in [-0.4, -0.2) is 12.0 Å². The van der Waals surface area contributed by atoms with Crippen LogP contribution in [0.1, 0.15) is 24.1 Å². The molecule has 88 valence electrons. The molecule has 2 heteroatoms. The van der Waals surface area contributed by atoms with Crippen LogP contribution in [0.5, 0.6) is 0 Å². The molecule has 2 aromatic rings. The first-order valence-corrected chi connectivity index (χ1v) is 5.89. The standard InChI is InChI=1S/C15H18N2/c1-12-9-10-15(16-11-12)17(3)13(2)14-7-5-4-6-8-14/h4-11,13H,1-3H3. The molecule has 0 radical (unpaired) electrons. The van der Waals surface area contributed by atoms with Crippen molar-refractivity contribution in [1.29, 1.82) is 0 Å². The maximum atomic E-state index is 4.45. The van der Waals surface area contributed by atoms with Crippen molar-refractivity contribution in [2.24, 2.45) is 0 Å². The summed E-state index contributed by atoms with van der Waals surface area (Å²) in [6.45, 7) is 4.24. The topological polar surface area (TPSA) is 16.1 Å². The fourth-order valence-electron chi connectivity index (χ4n) is 1.82. The van der Waals surface area contributed by atoms with E-state index in [1.165, 1.54) is 11.1 Å². The van der Waals surface area contributed by atoms with Crippen molar-refractivity contribution in [2.75, 3.05) is 11.9 Å². The Bertz CT molecular complexity index is 462. The van der Waals surface area contributed by atoms with Crippen molar-refractivity contribution in [3.05, 3.63) is 59.8 Å². The molecule has 0 saturated heterocycles. The summed E-state index contributed by atoms with van der Waals surface area (Å²) in [4.78, 5) is 6.64. The Hall–Kier alpha value is -1.83. The van der Waals surface area contributed by atoms with Gasteiger partial charge in [-0.3, -0.25) is 0 Å². The zero-order valence-electron chi connectivity index (χ0n) is 10.6. The molecule has 1 unspecified atom stereocenters. The van der Waals surface area contributed by atoms with Gasteiger partial charge in [-0.1, -0.05) is 36.4 Å². The van der Waals surface area contributed by atoms with Crippen molar-refractivity contribution in [1.82, 2.24) is 4.98 Å². The average molecular weight is 226 g/mol. The molecule has 0 N–H and O–H groups in total. The van der Waals surface area contributed by atoms with E-state index in [4.69, 9.17) is 0 Å². The van der Waals surface area contributed by atoms with Crippen LogP contribution in [-0.2, 0) is 0 Å². The summed E-state index contributed by atoms with van der Waals surface area (Å²) < 4.78 is 0. The van der Waals surface area contributed by atoms with Crippen LogP contribution in [0.4, 0.5) is 5.82 Å². The SMILES string of the molecule is Cc1ccc(N(C)C(C)c2ccccc2)nc1. The second kappa shape index (κ2) is 5.00. The summed E-state index contributed by atoms with van der Waals surface area (Å²) in [6, 6.07) is 15.0. The van der Waals surface area contributed by atoms with Crippen LogP contribution in [0, 0.1) is 6.92 Å². The maximum absolute atomic E-state index is 4.45. The van der Waals surface area contributed by atoms with Crippen LogP contribution in [0.3, 0.4) is 0 Å². The van der Waals surface area contributed by atoms with Gasteiger partial charge in [-0.2, -0.15) is 0 Å². The van der Waals surface area contributed by atoms with Gasteiger partial charge in [-0.15, -0.1) is 0 Å². The van der Waals surface area contributed by atoms with Gasteiger partial charge in [-0.25, -0.2) is 4.98 Å². The highest BCUT2D eigenvalue weighted by molar-refractivity contribution is 5.41. The highest BCUT2D eigenvalue weighted by atomic mass is 15.2. The van der Waals surface area contributed by atoms with Crippen LogP contribution >= 0.6 is 0 Å². The Morgan fingerprint density at radius 2 is 1.76 bits per heavy atom. The summed E-state index contributed by atoms with van der Waals surface area (Å²) in [5.74, 6) is 1.01. The highest BCUT2D eigenvalue weighted by Crippen LogP contribution is 2.23. The summed E-state index contributed by atoms with van der Waals surface area (Å²) in [5, 5.41) is 0. The number of hydrogen-bond donors (Lipinski definition) is 0. The molecule has 0 bridgehead atoms. The predicted molar refractivity (Wildman–Crippen MR) is 72.2 cm³/mol. The summed E-state index contributed by atoms with van der Waals surface area (Å²) in [7, 11) is 2.08. The normalized spacial score (nSPS) is 12.2. The molecule has 0 aliphatic heterocycles. The molecule has 0 amide bonds. The van der Waals surface area contributed by atoms with Gasteiger partial charge in [0.25, 0.3) is 0 Å². The zero-order valence-corrected chi connectivity index (χ0v) is 10.6. The third-order valence-corrected chi connectivity index (χ3v) is 3.12. The van der Waals surface area contributed by atoms with Gasteiger partial charge in [0.05, 0.1) is 6.04 Å². The predicted octanol–water partition coefficient (Wildman–Crippen LogP) is 3.59. The smallest absolute Gasteiger partial charge is 0.128 e. The quantitative estimate of drug-likeness (QED) is 0.795. The van der Waals surface area contributed by atoms with E-state index in [1.54, 1.807) is 0 Å². The molecule has 0 aliphatic carbocycles. The highest BCUT2D eigenvalue weighted by Gasteiger charge is 2.12. The summed E-state index contributed by atoms with van der Waals surface area (Å²) >= 11 is 0. The van der Waals surface area contributed by atoms with Crippen LogP contribution < -0.4 is 4.90 Å². The number of hydrogen-bond acceptors (Lipinski definition) is 2. The monoisotopic (exact) mass is 226 g/mol. The Kier molecular flexibility index (Phi) is 3.43. The zero-order chi connectivity index (χ0) is 12.3. The number of nitrogens with zero attached hydrogens (tertiary/aromatic N) is 2. The molecule has 2 nitrogen and oxygen atoms in total. The Labute approximate surface area is 103 Å². The average Bonchev–Trinajstić information content (AvgIpc) is 2.39. The largest absolute Gasteiger partial charge is 0.353 e. The molecular weight excluding hydrogens is 208 g/mol. The van der Waals surface area contributed by atoms with Gasteiger partial charge in [0.1, 0.15) is 5.82 Å². The van der Waals surface area contributed by atoms with Crippen molar-refractivity contribution in [2.45, 2.75) is 19.9 Å². The third kappa shape index (κ3) is 2.64. The second-order valence-corrected chi connectivity index (χ2v) is 4.39. The first-order chi connectivity index (χ1) is 8.18. The van der Waals surface area contributed by atoms with Crippen molar-refractivity contribution >= 4 is 5.82 Å². The first kappa shape index (κ1) is 11.6. The number of aryl methyl sites for hydroxylation is 1. The van der Waals surface area contributed by atoms with E-state index in [9.17, 15) is 0 Å². The van der Waals surface area contributed by atoms with E-state index in [2.05, 4.69) is 67.2 Å². The summed E-state index contributed by atoms with van der Waals surface area (Å²) in [5.41, 5.74) is 2.49. The third-order valence-electron chi connectivity index (χ3n) is 3.12. The van der Waals surface area contributed by atoms with E-state index in [-0.39, 0.29) is 0 Å². The number of rotatable bonds is 3. The molecule has 0 fully saturated rings. The van der Waals surface area contributed by atoms with Gasteiger partial charge in [0.15, 0.2) is 0 Å². The Morgan fingerprint density at radius 1 is 1.06 bits per heavy atom. The van der Waals surface area contributed by atoms with E-state index >= 15 is 0 Å². The number of aromatic nitrogens is 1. The van der Waals surface area contributed by atoms with Crippen molar-refractivity contribution in [3.63, 3.8) is 0 Å². The van der Waals surface area contributed by atoms with Crippen molar-refractivity contribution < 1.29 is 0 Å². The van der Waals surface area contributed by atoms with E-state index in [1.807, 2.05) is 12.3 Å². The van der Waals surface area contributed by atoms with Gasteiger partial charge in [0, 0.05) is 13.2 Å². The Morgan fingerprint density at radius 3 is 2.35 bits per heavy atom. The molecule has 1 atom stereocenters. The minimum atomic E-state index is 0.325. The molecule has 0 aliphatic rings. The fourth-order valence-corrected chi connectivity index (χ4v) is 1.82. The minimum absolute atomic E-state index is 0.325. The lowest BCUT2D eigenvalue weighted by Gasteiger charge is -2.26. The van der Waals surface area contributed by atoms with E-state index in [0.29, 0.717) is 6.04 Å². The van der Waals surface area contributed by atoms with Gasteiger partial charge in [0.2, 0.25) is 0 Å². The molecule has 17 heavy (non-hydrogen) atoms. The van der Waals surface area contributed by atoms with Gasteiger partial charge >= 0.3 is 0 Å².